The zero-order chi connectivity index (χ0) is 19.3. The monoisotopic (exact) mass is 394 g/mol. The largest absolute Gasteiger partial charge is 0.497 e. The molecule has 4 nitrogen and oxygen atoms in total. The molecule has 5 heteroatoms. The normalized spacial score (nSPS) is 23.0. The van der Waals surface area contributed by atoms with Crippen molar-refractivity contribution < 1.29 is 9.53 Å². The number of carbonyl (C=O) groups is 1. The molecule has 0 unspecified atom stereocenters. The van der Waals surface area contributed by atoms with Crippen molar-refractivity contribution in [2.75, 3.05) is 37.4 Å². The van der Waals surface area contributed by atoms with E-state index in [1.54, 1.807) is 14.0 Å². The van der Waals surface area contributed by atoms with Gasteiger partial charge in [0.2, 0.25) is 0 Å². The average Bonchev–Trinajstić information content (AvgIpc) is 2.88. The first kappa shape index (κ1) is 18.1. The Morgan fingerprint density at radius 2 is 2.18 bits per heavy atom. The van der Waals surface area contributed by atoms with Gasteiger partial charge >= 0.3 is 0 Å². The smallest absolute Gasteiger partial charge is 0.160 e. The third-order valence-corrected chi connectivity index (χ3v) is 7.47. The number of hydrogen-bond acceptors (Lipinski definition) is 5. The van der Waals surface area contributed by atoms with E-state index < -0.39 is 0 Å². The van der Waals surface area contributed by atoms with Gasteiger partial charge in [0.1, 0.15) is 5.75 Å². The number of fused-ring (bicyclic) bond motifs is 3. The second-order valence-corrected chi connectivity index (χ2v) is 9.08. The molecular formula is C23H26N2O2S. The van der Waals surface area contributed by atoms with Crippen LogP contribution in [0.2, 0.25) is 0 Å². The third-order valence-electron chi connectivity index (χ3n) is 6.35. The van der Waals surface area contributed by atoms with E-state index in [4.69, 9.17) is 4.74 Å². The van der Waals surface area contributed by atoms with Crippen molar-refractivity contribution in [2.24, 2.45) is 0 Å². The second-order valence-electron chi connectivity index (χ2n) is 7.94. The van der Waals surface area contributed by atoms with Gasteiger partial charge in [-0.15, -0.1) is 11.8 Å². The minimum Gasteiger partial charge on any atom is -0.497 e. The molecule has 146 valence electrons. The molecule has 2 aromatic rings. The molecule has 2 atom stereocenters. The Morgan fingerprint density at radius 3 is 3.00 bits per heavy atom. The van der Waals surface area contributed by atoms with Gasteiger partial charge in [-0.05, 0) is 79.1 Å². The van der Waals surface area contributed by atoms with Crippen LogP contribution in [0, 0.1) is 0 Å². The van der Waals surface area contributed by atoms with Crippen LogP contribution in [-0.2, 0) is 0 Å². The summed E-state index contributed by atoms with van der Waals surface area (Å²) < 4.78 is 5.35. The highest BCUT2D eigenvalue weighted by molar-refractivity contribution is 7.99. The maximum atomic E-state index is 12.4. The number of hydrogen-bond donors (Lipinski definition) is 1. The highest BCUT2D eigenvalue weighted by Crippen LogP contribution is 2.51. The van der Waals surface area contributed by atoms with Gasteiger partial charge in [0.25, 0.3) is 0 Å². The molecule has 28 heavy (non-hydrogen) atoms. The van der Waals surface area contributed by atoms with Gasteiger partial charge in [-0.1, -0.05) is 0 Å². The summed E-state index contributed by atoms with van der Waals surface area (Å²) >= 11 is 1.97. The molecule has 3 heterocycles. The average molecular weight is 395 g/mol. The van der Waals surface area contributed by atoms with Gasteiger partial charge in [0, 0.05) is 35.5 Å². The molecule has 3 aliphatic rings. The van der Waals surface area contributed by atoms with Crippen LogP contribution in [0.25, 0.3) is 11.1 Å². The Kier molecular flexibility index (Phi) is 4.60. The molecule has 0 saturated carbocycles. The van der Waals surface area contributed by atoms with Crippen LogP contribution in [-0.4, -0.2) is 44.3 Å². The van der Waals surface area contributed by atoms with Gasteiger partial charge in [-0.25, -0.2) is 0 Å². The summed E-state index contributed by atoms with van der Waals surface area (Å²) in [4.78, 5) is 16.4. The molecule has 3 aliphatic heterocycles. The summed E-state index contributed by atoms with van der Waals surface area (Å²) in [6, 6.07) is 11.1. The predicted molar refractivity (Wildman–Crippen MR) is 115 cm³/mol. The van der Waals surface area contributed by atoms with E-state index in [1.165, 1.54) is 29.0 Å². The van der Waals surface area contributed by atoms with Crippen molar-refractivity contribution >= 4 is 23.2 Å². The molecule has 5 rings (SSSR count). The molecule has 0 aliphatic carbocycles. The number of thioether (sulfide) groups is 1. The molecule has 1 N–H and O–H groups in total. The highest BCUT2D eigenvalue weighted by atomic mass is 32.2. The van der Waals surface area contributed by atoms with Gasteiger partial charge in [-0.3, -0.25) is 4.79 Å². The number of ether oxygens (including phenoxy) is 1. The SMILES string of the molecule is COc1ccc(-c2cc3c4c(c2)[C@@H]2CNCC[C@@H]2N4CCCS3)c(C(C)=O)c1. The van der Waals surface area contributed by atoms with Crippen molar-refractivity contribution in [1.29, 1.82) is 0 Å². The summed E-state index contributed by atoms with van der Waals surface area (Å²) in [5.41, 5.74) is 5.82. The summed E-state index contributed by atoms with van der Waals surface area (Å²) in [5, 5.41) is 3.60. The van der Waals surface area contributed by atoms with Crippen LogP contribution in [0.3, 0.4) is 0 Å². The first-order chi connectivity index (χ1) is 13.7. The minimum atomic E-state index is 0.0757. The number of methoxy groups -OCH3 is 1. The molecule has 0 spiro atoms. The first-order valence-corrected chi connectivity index (χ1v) is 11.1. The Labute approximate surface area is 170 Å². The number of Topliss-reactive ketones (excluding diaryl/α,β-unsaturated/α-hetero) is 1. The number of rotatable bonds is 3. The van der Waals surface area contributed by atoms with Crippen molar-refractivity contribution in [3.05, 3.63) is 41.5 Å². The molecule has 1 saturated heterocycles. The fourth-order valence-corrected chi connectivity index (χ4v) is 6.15. The Hall–Kier alpha value is -1.98. The summed E-state index contributed by atoms with van der Waals surface area (Å²) in [7, 11) is 1.64. The van der Waals surface area contributed by atoms with Gasteiger partial charge in [-0.2, -0.15) is 0 Å². The Bertz CT molecular complexity index is 942. The van der Waals surface area contributed by atoms with Crippen molar-refractivity contribution in [2.45, 2.75) is 36.6 Å². The lowest BCUT2D eigenvalue weighted by Gasteiger charge is -2.33. The molecular weight excluding hydrogens is 368 g/mol. The van der Waals surface area contributed by atoms with E-state index in [0.717, 1.165) is 47.8 Å². The molecule has 0 bridgehead atoms. The zero-order valence-corrected chi connectivity index (χ0v) is 17.3. The number of ketones is 1. The maximum Gasteiger partial charge on any atom is 0.160 e. The summed E-state index contributed by atoms with van der Waals surface area (Å²) in [5.74, 6) is 2.50. The quantitative estimate of drug-likeness (QED) is 0.785. The van der Waals surface area contributed by atoms with Crippen LogP contribution < -0.4 is 15.0 Å². The second kappa shape index (κ2) is 7.12. The van der Waals surface area contributed by atoms with E-state index in [2.05, 4.69) is 22.3 Å². The van der Waals surface area contributed by atoms with E-state index in [0.29, 0.717) is 12.0 Å². The fraction of sp³-hybridized carbons (Fsp3) is 0.435. The fourth-order valence-electron chi connectivity index (χ4n) is 5.07. The molecule has 2 aromatic carbocycles. The summed E-state index contributed by atoms with van der Waals surface area (Å²) in [6.45, 7) is 4.95. The lowest BCUT2D eigenvalue weighted by atomic mass is 9.88. The number of benzene rings is 2. The molecule has 1 fully saturated rings. The van der Waals surface area contributed by atoms with Crippen LogP contribution in [0.5, 0.6) is 5.75 Å². The number of carbonyl (C=O) groups excluding carboxylic acids is 1. The maximum absolute atomic E-state index is 12.4. The first-order valence-electron chi connectivity index (χ1n) is 10.1. The standard InChI is InChI=1S/C23H26N2O2S/c1-14(26)18-12-16(27-2)4-5-17(18)15-10-19-20-13-24-7-6-21(20)25-8-3-9-28-22(11-15)23(19)25/h4-5,10-12,20-21,24H,3,6-9,13H2,1-2H3/t20-,21-/m0/s1. The van der Waals surface area contributed by atoms with Crippen LogP contribution in [0.4, 0.5) is 5.69 Å². The Morgan fingerprint density at radius 1 is 1.29 bits per heavy atom. The van der Waals surface area contributed by atoms with E-state index in [-0.39, 0.29) is 5.78 Å². The van der Waals surface area contributed by atoms with Gasteiger partial charge in [0.05, 0.1) is 12.8 Å². The van der Waals surface area contributed by atoms with Crippen LogP contribution in [0.1, 0.15) is 41.6 Å². The lowest BCUT2D eigenvalue weighted by Crippen LogP contribution is -2.44. The lowest BCUT2D eigenvalue weighted by molar-refractivity contribution is 0.101. The van der Waals surface area contributed by atoms with E-state index in [9.17, 15) is 4.79 Å². The van der Waals surface area contributed by atoms with Gasteiger partial charge in [0.15, 0.2) is 5.78 Å². The number of nitrogens with one attached hydrogen (secondary N) is 1. The number of nitrogens with zero attached hydrogens (tertiary/aromatic N) is 1. The summed E-state index contributed by atoms with van der Waals surface area (Å²) in [6.07, 6.45) is 2.44. The van der Waals surface area contributed by atoms with Crippen LogP contribution in [0.15, 0.2) is 35.2 Å². The Balaban J connectivity index is 1.69. The van der Waals surface area contributed by atoms with E-state index >= 15 is 0 Å². The zero-order valence-electron chi connectivity index (χ0n) is 16.5. The van der Waals surface area contributed by atoms with Crippen molar-refractivity contribution in [3.63, 3.8) is 0 Å². The molecule has 0 amide bonds. The van der Waals surface area contributed by atoms with E-state index in [1.807, 2.05) is 30.0 Å². The topological polar surface area (TPSA) is 41.6 Å². The predicted octanol–water partition coefficient (Wildman–Crippen LogP) is 4.33. The molecule has 0 radical (unpaired) electrons. The van der Waals surface area contributed by atoms with Crippen molar-refractivity contribution in [3.8, 4) is 16.9 Å². The van der Waals surface area contributed by atoms with Gasteiger partial charge < -0.3 is 15.0 Å². The van der Waals surface area contributed by atoms with Crippen LogP contribution >= 0.6 is 11.8 Å². The number of anilines is 1. The van der Waals surface area contributed by atoms with Crippen molar-refractivity contribution in [1.82, 2.24) is 5.32 Å². The third kappa shape index (κ3) is 2.83. The number of piperidine rings is 1. The highest BCUT2D eigenvalue weighted by Gasteiger charge is 2.42. The molecule has 0 aromatic heterocycles. The minimum absolute atomic E-state index is 0.0757.